The third-order valence-corrected chi connectivity index (χ3v) is 7.04. The minimum Gasteiger partial charge on any atom is -0.495 e. The van der Waals surface area contributed by atoms with Crippen LogP contribution in [0.5, 0.6) is 5.75 Å². The molecule has 1 aliphatic heterocycles. The van der Waals surface area contributed by atoms with Crippen LogP contribution in [-0.4, -0.2) is 57.6 Å². The molecule has 200 valence electrons. The first-order chi connectivity index (χ1) is 18.9. The average Bonchev–Trinajstić information content (AvgIpc) is 3.41. The van der Waals surface area contributed by atoms with Gasteiger partial charge in [-0.05, 0) is 98.9 Å². The average molecular weight is 524 g/mol. The molecule has 0 bridgehead atoms. The van der Waals surface area contributed by atoms with Crippen LogP contribution in [0.1, 0.15) is 41.3 Å². The molecule has 2 N–H and O–H groups in total. The van der Waals surface area contributed by atoms with Crippen LogP contribution in [0.2, 0.25) is 0 Å². The van der Waals surface area contributed by atoms with Gasteiger partial charge < -0.3 is 20.3 Å². The highest BCUT2D eigenvalue weighted by Crippen LogP contribution is 2.37. The van der Waals surface area contributed by atoms with Gasteiger partial charge in [0.1, 0.15) is 5.75 Å². The number of fused-ring (bicyclic) bond motifs is 1. The summed E-state index contributed by atoms with van der Waals surface area (Å²) >= 11 is 0. The summed E-state index contributed by atoms with van der Waals surface area (Å²) in [5, 5.41) is 10.5. The molecule has 0 aliphatic carbocycles. The highest BCUT2D eigenvalue weighted by atomic mass is 16.5. The minimum absolute atomic E-state index is 0.258. The van der Waals surface area contributed by atoms with Crippen LogP contribution in [0.15, 0.2) is 61.3 Å². The predicted octanol–water partition coefficient (Wildman–Crippen LogP) is 5.29. The molecule has 9 heteroatoms. The number of anilines is 3. The summed E-state index contributed by atoms with van der Waals surface area (Å²) in [6.45, 7) is 7.86. The van der Waals surface area contributed by atoms with Gasteiger partial charge in [0.25, 0.3) is 0 Å². The number of ether oxygens (including phenoxy) is 1. The van der Waals surface area contributed by atoms with Gasteiger partial charge in [-0.3, -0.25) is 4.79 Å². The van der Waals surface area contributed by atoms with E-state index in [1.807, 2.05) is 42.5 Å². The Labute approximate surface area is 228 Å². The molecule has 0 unspecified atom stereocenters. The zero-order valence-electron chi connectivity index (χ0n) is 22.5. The van der Waals surface area contributed by atoms with Crippen LogP contribution in [0.25, 0.3) is 17.8 Å². The number of carbonyl (C=O) groups is 1. The number of hydrogen-bond acceptors (Lipinski definition) is 7. The third kappa shape index (κ3) is 5.99. The van der Waals surface area contributed by atoms with Gasteiger partial charge >= 0.3 is 0 Å². The lowest BCUT2D eigenvalue weighted by Crippen LogP contribution is -2.29. The van der Waals surface area contributed by atoms with E-state index in [1.165, 1.54) is 17.2 Å². The molecule has 2 aromatic carbocycles. The first-order valence-electron chi connectivity index (χ1n) is 13.0. The van der Waals surface area contributed by atoms with E-state index in [2.05, 4.69) is 58.3 Å². The fourth-order valence-corrected chi connectivity index (χ4v) is 4.95. The van der Waals surface area contributed by atoms with Crippen molar-refractivity contribution in [2.24, 2.45) is 0 Å². The first-order valence-corrected chi connectivity index (χ1v) is 13.0. The summed E-state index contributed by atoms with van der Waals surface area (Å²) in [6.07, 6.45) is 9.01. The molecule has 0 spiro atoms. The van der Waals surface area contributed by atoms with Crippen molar-refractivity contribution in [3.63, 3.8) is 0 Å². The number of rotatable bonds is 8. The van der Waals surface area contributed by atoms with Gasteiger partial charge in [0.15, 0.2) is 11.5 Å². The van der Waals surface area contributed by atoms with Gasteiger partial charge in [0.05, 0.1) is 19.0 Å². The van der Waals surface area contributed by atoms with E-state index in [4.69, 9.17) is 9.72 Å². The van der Waals surface area contributed by atoms with Crippen LogP contribution in [0.4, 0.5) is 17.3 Å². The zero-order valence-corrected chi connectivity index (χ0v) is 22.5. The van der Waals surface area contributed by atoms with E-state index in [0.29, 0.717) is 29.0 Å². The Balaban J connectivity index is 1.42. The highest BCUT2D eigenvalue weighted by Gasteiger charge is 2.22. The van der Waals surface area contributed by atoms with Crippen LogP contribution < -0.4 is 15.4 Å². The van der Waals surface area contributed by atoms with Crippen molar-refractivity contribution in [2.75, 3.05) is 37.9 Å². The maximum atomic E-state index is 11.7. The van der Waals surface area contributed by atoms with Crippen LogP contribution in [0, 0.1) is 6.92 Å². The normalized spacial score (nSPS) is 14.5. The fraction of sp³-hybridized carbons (Fsp3) is 0.267. The monoisotopic (exact) mass is 523 g/mol. The molecule has 0 radical (unpaired) electrons. The molecule has 3 heterocycles. The Bertz CT molecular complexity index is 1530. The first kappa shape index (κ1) is 26.1. The lowest BCUT2D eigenvalue weighted by Gasteiger charge is -2.30. The molecule has 1 amide bonds. The number of aromatic nitrogens is 4. The van der Waals surface area contributed by atoms with Crippen molar-refractivity contribution < 1.29 is 9.53 Å². The van der Waals surface area contributed by atoms with Gasteiger partial charge in [-0.2, -0.15) is 19.6 Å². The van der Waals surface area contributed by atoms with Gasteiger partial charge in [0.2, 0.25) is 11.9 Å². The number of carbonyl (C=O) groups excluding carboxylic acids is 1. The Hall–Kier alpha value is -4.50. The molecule has 5 rings (SSSR count). The molecule has 0 saturated carbocycles. The van der Waals surface area contributed by atoms with E-state index in [-0.39, 0.29) is 5.91 Å². The molecule has 1 saturated heterocycles. The van der Waals surface area contributed by atoms with E-state index in [0.717, 1.165) is 42.9 Å². The second-order valence-electron chi connectivity index (χ2n) is 9.77. The standard InChI is InChI=1S/C30H33N7O2/c1-5-29(38)32-23-8-6-7-21(18-23)9-10-27-34-30(35-28-11-14-31-37(27)28)33-25-17-20(2)24(19-26(25)39-4)22-12-15-36(3)16-13-22/h5-11,14,17-19,22H,1,12-13,15-16H2,2-4H3,(H,32,38)(H,33,35). The van der Waals surface area contributed by atoms with E-state index in [1.54, 1.807) is 17.8 Å². The summed E-state index contributed by atoms with van der Waals surface area (Å²) in [6, 6.07) is 13.6. The largest absolute Gasteiger partial charge is 0.495 e. The van der Waals surface area contributed by atoms with Crippen LogP contribution >= 0.6 is 0 Å². The van der Waals surface area contributed by atoms with E-state index in [9.17, 15) is 4.79 Å². The number of nitrogens with one attached hydrogen (secondary N) is 2. The number of piperidine rings is 1. The van der Waals surface area contributed by atoms with Crippen LogP contribution in [-0.2, 0) is 4.79 Å². The molecule has 2 aromatic heterocycles. The SMILES string of the molecule is C=CC(=O)Nc1cccc(C=Cc2nc(Nc3cc(C)c(C4CCN(C)CC4)cc3OC)nc3ccnn23)c1. The van der Waals surface area contributed by atoms with Gasteiger partial charge in [0, 0.05) is 11.8 Å². The summed E-state index contributed by atoms with van der Waals surface area (Å²) in [7, 11) is 3.87. The van der Waals surface area contributed by atoms with Crippen molar-refractivity contribution in [2.45, 2.75) is 25.7 Å². The lowest BCUT2D eigenvalue weighted by molar-refractivity contribution is -0.111. The highest BCUT2D eigenvalue weighted by molar-refractivity contribution is 5.99. The summed E-state index contributed by atoms with van der Waals surface area (Å²) < 4.78 is 7.46. The number of aryl methyl sites for hydroxylation is 1. The minimum atomic E-state index is -0.258. The molecule has 0 atom stereocenters. The van der Waals surface area contributed by atoms with Gasteiger partial charge in [-0.15, -0.1) is 0 Å². The third-order valence-electron chi connectivity index (χ3n) is 7.04. The number of methoxy groups -OCH3 is 1. The van der Waals surface area contributed by atoms with E-state index >= 15 is 0 Å². The second-order valence-corrected chi connectivity index (χ2v) is 9.77. The smallest absolute Gasteiger partial charge is 0.247 e. The quantitative estimate of drug-likeness (QED) is 0.303. The van der Waals surface area contributed by atoms with Crippen molar-refractivity contribution in [1.82, 2.24) is 24.5 Å². The molecular formula is C30H33N7O2. The Morgan fingerprint density at radius 1 is 1.13 bits per heavy atom. The molecular weight excluding hydrogens is 490 g/mol. The lowest BCUT2D eigenvalue weighted by atomic mass is 9.86. The number of amides is 1. The van der Waals surface area contributed by atoms with E-state index < -0.39 is 0 Å². The Morgan fingerprint density at radius 2 is 1.95 bits per heavy atom. The van der Waals surface area contributed by atoms with Gasteiger partial charge in [-0.25, -0.2) is 0 Å². The molecule has 39 heavy (non-hydrogen) atoms. The number of benzene rings is 2. The maximum absolute atomic E-state index is 11.7. The molecule has 9 nitrogen and oxygen atoms in total. The number of nitrogens with zero attached hydrogens (tertiary/aromatic N) is 5. The van der Waals surface area contributed by atoms with Gasteiger partial charge in [-0.1, -0.05) is 24.8 Å². The number of likely N-dealkylation sites (tertiary alicyclic amines) is 1. The topological polar surface area (TPSA) is 96.7 Å². The van der Waals surface area contributed by atoms with Crippen molar-refractivity contribution >= 4 is 41.0 Å². The Morgan fingerprint density at radius 3 is 2.72 bits per heavy atom. The Kier molecular flexibility index (Phi) is 7.69. The summed E-state index contributed by atoms with van der Waals surface area (Å²) in [5.74, 6) is 2.09. The van der Waals surface area contributed by atoms with Crippen molar-refractivity contribution in [1.29, 1.82) is 0 Å². The second kappa shape index (κ2) is 11.5. The van der Waals surface area contributed by atoms with Crippen molar-refractivity contribution in [3.8, 4) is 5.75 Å². The van der Waals surface area contributed by atoms with Crippen LogP contribution in [0.3, 0.4) is 0 Å². The predicted molar refractivity (Wildman–Crippen MR) is 155 cm³/mol. The zero-order chi connectivity index (χ0) is 27.4. The summed E-state index contributed by atoms with van der Waals surface area (Å²) in [5.41, 5.74) is 5.62. The molecule has 1 aliphatic rings. The molecule has 4 aromatic rings. The summed E-state index contributed by atoms with van der Waals surface area (Å²) in [4.78, 5) is 23.4. The number of hydrogen-bond donors (Lipinski definition) is 2. The fourth-order valence-electron chi connectivity index (χ4n) is 4.95. The molecule has 1 fully saturated rings. The van der Waals surface area contributed by atoms with Crippen molar-refractivity contribution in [3.05, 3.63) is 83.8 Å². The maximum Gasteiger partial charge on any atom is 0.247 e.